The highest BCUT2D eigenvalue weighted by atomic mass is 19.1. The highest BCUT2D eigenvalue weighted by Gasteiger charge is 2.47. The van der Waals surface area contributed by atoms with E-state index < -0.39 is 36.5 Å². The van der Waals surface area contributed by atoms with Gasteiger partial charge in [-0.3, -0.25) is 0 Å². The van der Waals surface area contributed by atoms with Gasteiger partial charge in [-0.2, -0.15) is 0 Å². The quantitative estimate of drug-likeness (QED) is 0.665. The van der Waals surface area contributed by atoms with Crippen LogP contribution in [0.2, 0.25) is 0 Å². The second kappa shape index (κ2) is 6.44. The number of pyridine rings is 1. The monoisotopic (exact) mass is 358 g/mol. The summed E-state index contributed by atoms with van der Waals surface area (Å²) in [6.45, 7) is 1.95. The molecule has 0 radical (unpaired) electrons. The minimum absolute atomic E-state index is 0.398. The van der Waals surface area contributed by atoms with Gasteiger partial charge >= 0.3 is 0 Å². The smallest absolute Gasteiger partial charge is 0.164 e. The first-order chi connectivity index (χ1) is 12.5. The Labute approximate surface area is 149 Å². The molecule has 0 amide bonds. The van der Waals surface area contributed by atoms with Crippen LogP contribution < -0.4 is 0 Å². The van der Waals surface area contributed by atoms with Crippen LogP contribution in [0.4, 0.5) is 4.39 Å². The highest BCUT2D eigenvalue weighted by molar-refractivity contribution is 5.79. The number of aliphatic hydroxyl groups excluding tert-OH is 3. The van der Waals surface area contributed by atoms with E-state index in [1.807, 2.05) is 19.1 Å². The van der Waals surface area contributed by atoms with E-state index in [9.17, 15) is 19.7 Å². The lowest BCUT2D eigenvalue weighted by atomic mass is 9.99. The van der Waals surface area contributed by atoms with Crippen LogP contribution in [0.1, 0.15) is 23.5 Å². The molecule has 1 aromatic carbocycles. The molecule has 3 aromatic rings. The third-order valence-corrected chi connectivity index (χ3v) is 4.91. The van der Waals surface area contributed by atoms with Crippen molar-refractivity contribution in [1.29, 1.82) is 0 Å². The summed E-state index contributed by atoms with van der Waals surface area (Å²) in [4.78, 5) is 4.33. The van der Waals surface area contributed by atoms with E-state index >= 15 is 0 Å². The zero-order valence-electron chi connectivity index (χ0n) is 14.0. The number of aryl methyl sites for hydroxylation is 1. The largest absolute Gasteiger partial charge is 0.387 e. The van der Waals surface area contributed by atoms with Crippen molar-refractivity contribution in [2.75, 3.05) is 0 Å². The molecule has 3 heterocycles. The first-order valence-corrected chi connectivity index (χ1v) is 8.34. The lowest BCUT2D eigenvalue weighted by Gasteiger charge is -2.21. The number of aliphatic hydroxyl groups is 3. The molecule has 1 saturated heterocycles. The molecule has 0 spiro atoms. The maximum atomic E-state index is 13.1. The van der Waals surface area contributed by atoms with E-state index in [0.717, 1.165) is 10.9 Å². The molecule has 2 aromatic heterocycles. The van der Waals surface area contributed by atoms with Gasteiger partial charge in [-0.15, -0.1) is 0 Å². The average molecular weight is 358 g/mol. The Morgan fingerprint density at radius 3 is 2.58 bits per heavy atom. The SMILES string of the molecule is Cc1ccnc2c1ccn2C1OC(C(O)c2ccc(F)cc2)C(O)C1O. The van der Waals surface area contributed by atoms with Gasteiger partial charge in [0.25, 0.3) is 0 Å². The van der Waals surface area contributed by atoms with Gasteiger partial charge in [-0.05, 0) is 42.3 Å². The molecule has 5 unspecified atom stereocenters. The van der Waals surface area contributed by atoms with Crippen molar-refractivity contribution in [3.05, 3.63) is 65.7 Å². The van der Waals surface area contributed by atoms with Crippen LogP contribution in [0.3, 0.4) is 0 Å². The van der Waals surface area contributed by atoms with Crippen molar-refractivity contribution < 1.29 is 24.4 Å². The third-order valence-electron chi connectivity index (χ3n) is 4.91. The van der Waals surface area contributed by atoms with Crippen LogP contribution in [-0.4, -0.2) is 43.2 Å². The van der Waals surface area contributed by atoms with E-state index in [4.69, 9.17) is 4.74 Å². The molecular formula is C19H19FN2O4. The van der Waals surface area contributed by atoms with Crippen molar-refractivity contribution in [3.8, 4) is 0 Å². The Hall–Kier alpha value is -2.32. The number of nitrogens with zero attached hydrogens (tertiary/aromatic N) is 2. The number of halogens is 1. The molecule has 0 bridgehead atoms. The summed E-state index contributed by atoms with van der Waals surface area (Å²) >= 11 is 0. The summed E-state index contributed by atoms with van der Waals surface area (Å²) < 4.78 is 20.5. The van der Waals surface area contributed by atoms with Gasteiger partial charge in [0.1, 0.15) is 35.9 Å². The van der Waals surface area contributed by atoms with Gasteiger partial charge in [0, 0.05) is 17.8 Å². The number of fused-ring (bicyclic) bond motifs is 1. The van der Waals surface area contributed by atoms with E-state index in [1.54, 1.807) is 17.0 Å². The molecule has 1 aliphatic heterocycles. The number of hydrogen-bond donors (Lipinski definition) is 3. The molecule has 1 aliphatic rings. The zero-order valence-corrected chi connectivity index (χ0v) is 14.0. The maximum absolute atomic E-state index is 13.1. The summed E-state index contributed by atoms with van der Waals surface area (Å²) in [6, 6.07) is 9.04. The minimum atomic E-state index is -1.30. The molecule has 26 heavy (non-hydrogen) atoms. The molecule has 3 N–H and O–H groups in total. The average Bonchev–Trinajstić information content (AvgIpc) is 3.18. The second-order valence-electron chi connectivity index (χ2n) is 6.56. The molecule has 5 atom stereocenters. The van der Waals surface area contributed by atoms with Gasteiger partial charge < -0.3 is 24.6 Å². The van der Waals surface area contributed by atoms with Crippen LogP contribution in [-0.2, 0) is 4.74 Å². The van der Waals surface area contributed by atoms with E-state index in [0.29, 0.717) is 11.2 Å². The van der Waals surface area contributed by atoms with Crippen LogP contribution in [0.5, 0.6) is 0 Å². The Bertz CT molecular complexity index is 927. The highest BCUT2D eigenvalue weighted by Crippen LogP contribution is 2.37. The number of rotatable bonds is 3. The van der Waals surface area contributed by atoms with Gasteiger partial charge in [-0.25, -0.2) is 9.37 Å². The Morgan fingerprint density at radius 1 is 1.12 bits per heavy atom. The van der Waals surface area contributed by atoms with Crippen molar-refractivity contribution >= 4 is 11.0 Å². The number of hydrogen-bond acceptors (Lipinski definition) is 5. The van der Waals surface area contributed by atoms with Gasteiger partial charge in [-0.1, -0.05) is 12.1 Å². The summed E-state index contributed by atoms with van der Waals surface area (Å²) in [5, 5.41) is 32.3. The molecule has 6 nitrogen and oxygen atoms in total. The summed E-state index contributed by atoms with van der Waals surface area (Å²) in [5.41, 5.74) is 2.05. The molecule has 0 aliphatic carbocycles. The predicted molar refractivity (Wildman–Crippen MR) is 91.8 cm³/mol. The molecule has 4 rings (SSSR count). The Balaban J connectivity index is 1.65. The lowest BCUT2D eigenvalue weighted by molar-refractivity contribution is -0.0848. The van der Waals surface area contributed by atoms with E-state index in [1.165, 1.54) is 24.3 Å². The zero-order chi connectivity index (χ0) is 18.4. The van der Waals surface area contributed by atoms with E-state index in [2.05, 4.69) is 4.98 Å². The van der Waals surface area contributed by atoms with Gasteiger partial charge in [0.15, 0.2) is 6.23 Å². The Kier molecular flexibility index (Phi) is 4.24. The molecule has 7 heteroatoms. The number of ether oxygens (including phenoxy) is 1. The van der Waals surface area contributed by atoms with Crippen molar-refractivity contribution in [1.82, 2.24) is 9.55 Å². The van der Waals surface area contributed by atoms with Crippen molar-refractivity contribution in [2.45, 2.75) is 37.6 Å². The first-order valence-electron chi connectivity index (χ1n) is 8.34. The van der Waals surface area contributed by atoms with Gasteiger partial charge in [0.2, 0.25) is 0 Å². The predicted octanol–water partition coefficient (Wildman–Crippen LogP) is 1.84. The Morgan fingerprint density at radius 2 is 1.85 bits per heavy atom. The van der Waals surface area contributed by atoms with Crippen LogP contribution in [0.25, 0.3) is 11.0 Å². The fraction of sp³-hybridized carbons (Fsp3) is 0.316. The normalized spacial score (nSPS) is 27.1. The number of aromatic nitrogens is 2. The van der Waals surface area contributed by atoms with Crippen LogP contribution in [0, 0.1) is 12.7 Å². The van der Waals surface area contributed by atoms with Crippen LogP contribution in [0.15, 0.2) is 48.8 Å². The van der Waals surface area contributed by atoms with Crippen molar-refractivity contribution in [2.24, 2.45) is 0 Å². The maximum Gasteiger partial charge on any atom is 0.164 e. The van der Waals surface area contributed by atoms with Gasteiger partial charge in [0.05, 0.1) is 0 Å². The van der Waals surface area contributed by atoms with Crippen molar-refractivity contribution in [3.63, 3.8) is 0 Å². The molecular weight excluding hydrogens is 339 g/mol. The second-order valence-corrected chi connectivity index (χ2v) is 6.56. The lowest BCUT2D eigenvalue weighted by Crippen LogP contribution is -2.34. The standard InChI is InChI=1S/C19H19FN2O4/c1-10-6-8-21-18-13(10)7-9-22(18)19-16(25)15(24)17(26-19)14(23)11-2-4-12(20)5-3-11/h2-9,14-17,19,23-25H,1H3. The summed E-state index contributed by atoms with van der Waals surface area (Å²) in [7, 11) is 0. The fourth-order valence-electron chi connectivity index (χ4n) is 3.42. The molecule has 1 fully saturated rings. The molecule has 0 saturated carbocycles. The van der Waals surface area contributed by atoms with Crippen LogP contribution >= 0.6 is 0 Å². The number of benzene rings is 1. The third kappa shape index (κ3) is 2.69. The fourth-order valence-corrected chi connectivity index (χ4v) is 3.42. The molecule has 136 valence electrons. The minimum Gasteiger partial charge on any atom is -0.387 e. The summed E-state index contributed by atoms with van der Waals surface area (Å²) in [6.07, 6.45) is -2.30. The first kappa shape index (κ1) is 17.1. The van der Waals surface area contributed by atoms with E-state index in [-0.39, 0.29) is 0 Å². The topological polar surface area (TPSA) is 87.7 Å². The summed E-state index contributed by atoms with van der Waals surface area (Å²) in [5.74, 6) is -0.424.